The van der Waals surface area contributed by atoms with Gasteiger partial charge in [0.25, 0.3) is 0 Å². The van der Waals surface area contributed by atoms with E-state index in [4.69, 9.17) is 28.4 Å². The van der Waals surface area contributed by atoms with Gasteiger partial charge in [0, 0.05) is 77.0 Å². The third-order valence-corrected chi connectivity index (χ3v) is 20.9. The molecular weight excluding hydrogens is 1440 g/mol. The summed E-state index contributed by atoms with van der Waals surface area (Å²) in [7, 11) is 0. The lowest BCUT2D eigenvalue weighted by atomic mass is 9.91. The molecule has 3 aliphatic carbocycles. The Kier molecular flexibility index (Phi) is 25.0. The Balaban J connectivity index is 0.000000149. The van der Waals surface area contributed by atoms with Gasteiger partial charge in [0.1, 0.15) is 69.0 Å². The van der Waals surface area contributed by atoms with E-state index in [0.717, 1.165) is 33.4 Å². The zero-order valence-electron chi connectivity index (χ0n) is 63.7. The summed E-state index contributed by atoms with van der Waals surface area (Å²) in [5.74, 6) is 1.65. The second-order valence-electron chi connectivity index (χ2n) is 28.4. The van der Waals surface area contributed by atoms with Crippen LogP contribution in [0.15, 0.2) is 218 Å². The van der Waals surface area contributed by atoms with Crippen molar-refractivity contribution >= 4 is 17.9 Å². The van der Waals surface area contributed by atoms with E-state index < -0.39 is 17.9 Å². The first-order valence-electron chi connectivity index (χ1n) is 38.2. The molecule has 0 fully saturated rings. The Bertz CT molecular complexity index is 4720. The first kappa shape index (κ1) is 78.8. The Hall–Kier alpha value is -13.4. The van der Waals surface area contributed by atoms with E-state index in [0.29, 0.717) is 194 Å². The molecule has 0 heterocycles. The highest BCUT2D eigenvalue weighted by Gasteiger charge is 2.26. The van der Waals surface area contributed by atoms with Gasteiger partial charge in [-0.3, -0.25) is 0 Å². The molecule has 0 unspecified atom stereocenters. The lowest BCUT2D eigenvalue weighted by molar-refractivity contribution is -0.146. The van der Waals surface area contributed by atoms with Crippen molar-refractivity contribution < 1.29 is 88.8 Å². The molecule has 24 bridgehead atoms. The number of hydrogen-bond donors (Lipinski definition) is 9. The second-order valence-corrected chi connectivity index (χ2v) is 28.4. The Morgan fingerprint density at radius 3 is 0.421 bits per heavy atom. The summed E-state index contributed by atoms with van der Waals surface area (Å²) in [6, 6.07) is 67.4. The van der Waals surface area contributed by atoms with Gasteiger partial charge in [-0.25, -0.2) is 14.4 Å². The molecule has 0 aliphatic heterocycles. The van der Waals surface area contributed by atoms with Gasteiger partial charge in [-0.1, -0.05) is 218 Å². The number of ether oxygens (including phenoxy) is 6. The fourth-order valence-electron chi connectivity index (χ4n) is 15.1. The highest BCUT2D eigenvalue weighted by atomic mass is 16.6. The molecular formula is C96H90O18. The van der Waals surface area contributed by atoms with Crippen LogP contribution >= 0.6 is 0 Å². The van der Waals surface area contributed by atoms with Crippen LogP contribution in [0.5, 0.6) is 69.0 Å². The Morgan fingerprint density at radius 1 is 0.202 bits per heavy atom. The lowest BCUT2D eigenvalue weighted by Gasteiger charge is -2.19. The molecule has 0 aromatic heterocycles. The molecule has 18 nitrogen and oxygen atoms in total. The second kappa shape index (κ2) is 36.2. The number of carbonyl (C=O) groups is 3. The number of hydrogen-bond acceptors (Lipinski definition) is 18. The number of phenols is 9. The van der Waals surface area contributed by atoms with Crippen LogP contribution in [0.25, 0.3) is 0 Å². The molecule has 0 spiro atoms. The molecule has 12 aromatic carbocycles. The van der Waals surface area contributed by atoms with Crippen LogP contribution in [0.1, 0.15) is 154 Å². The van der Waals surface area contributed by atoms with Crippen LogP contribution in [-0.4, -0.2) is 104 Å². The van der Waals surface area contributed by atoms with E-state index in [9.17, 15) is 60.3 Å². The summed E-state index contributed by atoms with van der Waals surface area (Å²) in [6.07, 6.45) is 4.26. The van der Waals surface area contributed by atoms with Gasteiger partial charge in [-0.15, -0.1) is 0 Å². The van der Waals surface area contributed by atoms with Crippen molar-refractivity contribution in [1.82, 2.24) is 0 Å². The number of aromatic hydroxyl groups is 9. The predicted molar refractivity (Wildman–Crippen MR) is 432 cm³/mol. The highest BCUT2D eigenvalue weighted by Crippen LogP contribution is 2.43. The summed E-state index contributed by atoms with van der Waals surface area (Å²) in [4.78, 5) is 36.4. The fourth-order valence-corrected chi connectivity index (χ4v) is 15.1. The van der Waals surface area contributed by atoms with Gasteiger partial charge < -0.3 is 74.4 Å². The molecule has 0 amide bonds. The third-order valence-electron chi connectivity index (χ3n) is 20.9. The summed E-state index contributed by atoms with van der Waals surface area (Å²) in [5, 5.41) is 100. The zero-order valence-corrected chi connectivity index (χ0v) is 63.7. The largest absolute Gasteiger partial charge is 0.507 e. The van der Waals surface area contributed by atoms with E-state index in [1.54, 1.807) is 20.8 Å². The quantitative estimate of drug-likeness (QED) is 0.0406. The fraction of sp³-hybridized carbons (Fsp3) is 0.219. The maximum absolute atomic E-state index is 12.1. The van der Waals surface area contributed by atoms with Crippen molar-refractivity contribution in [3.05, 3.63) is 352 Å². The van der Waals surface area contributed by atoms with E-state index >= 15 is 0 Å². The van der Waals surface area contributed by atoms with Crippen molar-refractivity contribution in [2.45, 2.75) is 97.8 Å². The number of carbonyl (C=O) groups excluding carboxylic acids is 3. The number of benzene rings is 12. The molecule has 582 valence electrons. The van der Waals surface area contributed by atoms with Crippen LogP contribution < -0.4 is 14.2 Å². The number of para-hydroxylation sites is 12. The van der Waals surface area contributed by atoms with Crippen LogP contribution in [0.3, 0.4) is 0 Å². The summed E-state index contributed by atoms with van der Waals surface area (Å²) in [5.41, 5.74) is 17.3. The average molecular weight is 1530 g/mol. The molecule has 3 aliphatic rings. The van der Waals surface area contributed by atoms with Gasteiger partial charge in [0.2, 0.25) is 0 Å². The first-order chi connectivity index (χ1) is 55.3. The molecule has 12 aromatic rings. The topological polar surface area (TPSA) is 289 Å². The summed E-state index contributed by atoms with van der Waals surface area (Å²) >= 11 is 0. The standard InChI is InChI=1S/3C32H30O6/c3*1-2-37-28(33)19-38-32-26-13-6-14-27(32)18-25-12-5-10-23(31(25)36)16-21-8-3-7-20(29(21)34)15-22-9-4-11-24(17-26)30(22)35/h3*3-14,34-36H,2,15-19H2,1H3. The average Bonchev–Trinajstić information content (AvgIpc) is 0.803. The molecule has 0 saturated heterocycles. The summed E-state index contributed by atoms with van der Waals surface area (Å²) < 4.78 is 33.3. The maximum Gasteiger partial charge on any atom is 0.344 e. The van der Waals surface area contributed by atoms with E-state index in [1.165, 1.54) is 0 Å². The van der Waals surface area contributed by atoms with Gasteiger partial charge in [0.15, 0.2) is 19.8 Å². The first-order valence-corrected chi connectivity index (χ1v) is 38.2. The van der Waals surface area contributed by atoms with E-state index in [-0.39, 0.29) is 91.4 Å². The number of esters is 3. The van der Waals surface area contributed by atoms with Crippen LogP contribution in [-0.2, 0) is 106 Å². The van der Waals surface area contributed by atoms with Crippen molar-refractivity contribution in [2.24, 2.45) is 0 Å². The minimum absolute atomic E-state index is 0.161. The zero-order chi connectivity index (χ0) is 79.9. The third kappa shape index (κ3) is 18.3. The molecule has 114 heavy (non-hydrogen) atoms. The van der Waals surface area contributed by atoms with Crippen LogP contribution in [0, 0.1) is 0 Å². The smallest absolute Gasteiger partial charge is 0.344 e. The van der Waals surface area contributed by atoms with Gasteiger partial charge in [-0.2, -0.15) is 0 Å². The lowest BCUT2D eigenvalue weighted by Crippen LogP contribution is -2.16. The number of phenolic OH excluding ortho intramolecular Hbond substituents is 9. The van der Waals surface area contributed by atoms with Crippen LogP contribution in [0.4, 0.5) is 0 Å². The molecule has 0 atom stereocenters. The Labute approximate surface area is 661 Å². The predicted octanol–water partition coefficient (Wildman–Crippen LogP) is 16.3. The minimum Gasteiger partial charge on any atom is -0.507 e. The molecule has 15 rings (SSSR count). The highest BCUT2D eigenvalue weighted by molar-refractivity contribution is 5.73. The number of rotatable bonds is 12. The summed E-state index contributed by atoms with van der Waals surface area (Å²) in [6.45, 7) is 5.27. The Morgan fingerprint density at radius 2 is 0.307 bits per heavy atom. The van der Waals surface area contributed by atoms with Gasteiger partial charge in [-0.05, 0) is 154 Å². The normalized spacial score (nSPS) is 12.6. The van der Waals surface area contributed by atoms with Crippen molar-refractivity contribution in [3.63, 3.8) is 0 Å². The van der Waals surface area contributed by atoms with E-state index in [1.807, 2.05) is 218 Å². The SMILES string of the molecule is CCOC(=O)COc1c2cccc1Cc1cccc(c1O)Cc1cccc(c1O)Cc1cccc(c1O)C2.CCOC(=O)COc1c2cccc1Cc1cccc(c1O)Cc1cccc(c1O)Cc1cccc(c1O)C2.CCOC(=O)COc1c2cccc1Cc1cccc(c1O)Cc1cccc(c1O)Cc1cccc(c1O)C2. The van der Waals surface area contributed by atoms with Crippen LogP contribution in [0.2, 0.25) is 0 Å². The maximum atomic E-state index is 12.1. The van der Waals surface area contributed by atoms with Crippen molar-refractivity contribution in [2.75, 3.05) is 39.6 Å². The molecule has 0 radical (unpaired) electrons. The molecule has 9 N–H and O–H groups in total. The minimum atomic E-state index is -0.467. The van der Waals surface area contributed by atoms with E-state index in [2.05, 4.69) is 0 Å². The van der Waals surface area contributed by atoms with Gasteiger partial charge in [0.05, 0.1) is 19.8 Å². The molecule has 18 heteroatoms. The van der Waals surface area contributed by atoms with Gasteiger partial charge >= 0.3 is 17.9 Å². The van der Waals surface area contributed by atoms with Crippen molar-refractivity contribution in [1.29, 1.82) is 0 Å². The molecule has 0 saturated carbocycles. The number of fused-ring (bicyclic) bond motifs is 24. The monoisotopic (exact) mass is 1530 g/mol. The van der Waals surface area contributed by atoms with Crippen molar-refractivity contribution in [3.8, 4) is 69.0 Å².